The van der Waals surface area contributed by atoms with E-state index in [0.717, 1.165) is 13.1 Å². The van der Waals surface area contributed by atoms with Crippen molar-refractivity contribution in [2.24, 2.45) is 5.41 Å². The van der Waals surface area contributed by atoms with Crippen LogP contribution in [0.15, 0.2) is 6.07 Å². The molecule has 0 unspecified atom stereocenters. The van der Waals surface area contributed by atoms with Gasteiger partial charge in [-0.25, -0.2) is 14.8 Å². The Morgan fingerprint density at radius 2 is 1.85 bits per heavy atom. The molecule has 1 saturated heterocycles. The van der Waals surface area contributed by atoms with E-state index in [9.17, 15) is 4.79 Å². The van der Waals surface area contributed by atoms with Crippen LogP contribution in [0.2, 0.25) is 0 Å². The lowest BCUT2D eigenvalue weighted by Gasteiger charge is -2.39. The van der Waals surface area contributed by atoms with Crippen molar-refractivity contribution in [3.8, 4) is 0 Å². The standard InChI is InChI=1S/C15H21N3O2/c1-11-10-12(13(19)20)17-14(16-11)18-8-6-15(7-9-18)4-2-3-5-15/h10H,2-9H2,1H3,(H,19,20). The first kappa shape index (κ1) is 13.3. The minimum absolute atomic E-state index is 0.0913. The van der Waals surface area contributed by atoms with Gasteiger partial charge in [0, 0.05) is 18.8 Å². The number of rotatable bonds is 2. The van der Waals surface area contributed by atoms with Crippen molar-refractivity contribution < 1.29 is 9.90 Å². The third kappa shape index (κ3) is 2.49. The summed E-state index contributed by atoms with van der Waals surface area (Å²) in [5.41, 5.74) is 1.36. The highest BCUT2D eigenvalue weighted by atomic mass is 16.4. The number of aromatic nitrogens is 2. The molecule has 1 aliphatic heterocycles. The number of anilines is 1. The molecule has 5 nitrogen and oxygen atoms in total. The van der Waals surface area contributed by atoms with Crippen molar-refractivity contribution in [1.82, 2.24) is 9.97 Å². The number of hydrogen-bond acceptors (Lipinski definition) is 4. The normalized spacial score (nSPS) is 21.4. The molecule has 2 aliphatic rings. The predicted octanol–water partition coefficient (Wildman–Crippen LogP) is 2.64. The van der Waals surface area contributed by atoms with Gasteiger partial charge >= 0.3 is 5.97 Å². The molecule has 2 fully saturated rings. The number of carbonyl (C=O) groups is 1. The molecule has 3 rings (SSSR count). The highest BCUT2D eigenvalue weighted by Gasteiger charge is 2.37. The van der Waals surface area contributed by atoms with Gasteiger partial charge in [0.05, 0.1) is 0 Å². The van der Waals surface area contributed by atoms with Crippen LogP contribution in [-0.2, 0) is 0 Å². The van der Waals surface area contributed by atoms with Crippen LogP contribution >= 0.6 is 0 Å². The van der Waals surface area contributed by atoms with Gasteiger partial charge in [-0.1, -0.05) is 12.8 Å². The lowest BCUT2D eigenvalue weighted by Crippen LogP contribution is -2.40. The summed E-state index contributed by atoms with van der Waals surface area (Å²) in [6.07, 6.45) is 7.82. The van der Waals surface area contributed by atoms with Crippen LogP contribution in [0.5, 0.6) is 0 Å². The van der Waals surface area contributed by atoms with Crippen molar-refractivity contribution in [3.63, 3.8) is 0 Å². The van der Waals surface area contributed by atoms with Crippen molar-refractivity contribution in [2.75, 3.05) is 18.0 Å². The Kier molecular flexibility index (Phi) is 3.36. The average molecular weight is 275 g/mol. The third-order valence-electron chi connectivity index (χ3n) is 4.83. The number of nitrogens with zero attached hydrogens (tertiary/aromatic N) is 3. The number of carboxylic acids is 1. The summed E-state index contributed by atoms with van der Waals surface area (Å²) < 4.78 is 0. The molecule has 108 valence electrons. The van der Waals surface area contributed by atoms with Gasteiger partial charge < -0.3 is 10.0 Å². The molecule has 2 heterocycles. The second-order valence-electron chi connectivity index (χ2n) is 6.19. The van der Waals surface area contributed by atoms with E-state index < -0.39 is 5.97 Å². The minimum Gasteiger partial charge on any atom is -0.477 e. The van der Waals surface area contributed by atoms with Gasteiger partial charge in [-0.15, -0.1) is 0 Å². The lowest BCUT2D eigenvalue weighted by molar-refractivity contribution is 0.0690. The molecular formula is C15H21N3O2. The van der Waals surface area contributed by atoms with Gasteiger partial charge in [0.1, 0.15) is 0 Å². The number of aromatic carboxylic acids is 1. The first-order valence-electron chi connectivity index (χ1n) is 7.42. The van der Waals surface area contributed by atoms with E-state index in [1.807, 2.05) is 6.92 Å². The Morgan fingerprint density at radius 3 is 2.45 bits per heavy atom. The molecule has 0 bridgehead atoms. The Morgan fingerprint density at radius 1 is 1.20 bits per heavy atom. The van der Waals surface area contributed by atoms with Gasteiger partial charge in [0.25, 0.3) is 0 Å². The fraction of sp³-hybridized carbons (Fsp3) is 0.667. The van der Waals surface area contributed by atoms with Gasteiger partial charge in [-0.3, -0.25) is 0 Å². The molecule has 1 aliphatic carbocycles. The molecule has 0 atom stereocenters. The number of piperidine rings is 1. The van der Waals surface area contributed by atoms with Gasteiger partial charge in [-0.05, 0) is 44.1 Å². The molecule has 1 N–H and O–H groups in total. The van der Waals surface area contributed by atoms with Crippen LogP contribution in [0.3, 0.4) is 0 Å². The summed E-state index contributed by atoms with van der Waals surface area (Å²) in [6.45, 7) is 3.71. The SMILES string of the molecule is Cc1cc(C(=O)O)nc(N2CCC3(CCCC3)CC2)n1. The van der Waals surface area contributed by atoms with Gasteiger partial charge in [0.2, 0.25) is 5.95 Å². The van der Waals surface area contributed by atoms with Crippen LogP contribution in [-0.4, -0.2) is 34.1 Å². The molecule has 20 heavy (non-hydrogen) atoms. The van der Waals surface area contributed by atoms with E-state index in [-0.39, 0.29) is 5.69 Å². The number of carboxylic acid groups (broad SMARTS) is 1. The number of aryl methyl sites for hydroxylation is 1. The molecule has 1 aromatic heterocycles. The van der Waals surface area contributed by atoms with Crippen LogP contribution in [0.1, 0.15) is 54.7 Å². The zero-order valence-corrected chi connectivity index (χ0v) is 11.9. The van der Waals surface area contributed by atoms with Crippen molar-refractivity contribution >= 4 is 11.9 Å². The maximum absolute atomic E-state index is 11.1. The monoisotopic (exact) mass is 275 g/mol. The Balaban J connectivity index is 1.76. The van der Waals surface area contributed by atoms with E-state index in [4.69, 9.17) is 5.11 Å². The molecule has 0 aromatic carbocycles. The molecule has 0 radical (unpaired) electrons. The van der Waals surface area contributed by atoms with E-state index in [1.54, 1.807) is 0 Å². The maximum atomic E-state index is 11.1. The largest absolute Gasteiger partial charge is 0.477 e. The van der Waals surface area contributed by atoms with E-state index >= 15 is 0 Å². The summed E-state index contributed by atoms with van der Waals surface area (Å²) >= 11 is 0. The van der Waals surface area contributed by atoms with Crippen LogP contribution in [0.4, 0.5) is 5.95 Å². The zero-order valence-electron chi connectivity index (χ0n) is 11.9. The van der Waals surface area contributed by atoms with Crippen LogP contribution in [0.25, 0.3) is 0 Å². The predicted molar refractivity (Wildman–Crippen MR) is 76.1 cm³/mol. The van der Waals surface area contributed by atoms with Crippen molar-refractivity contribution in [1.29, 1.82) is 0 Å². The van der Waals surface area contributed by atoms with E-state index in [0.29, 0.717) is 17.1 Å². The first-order chi connectivity index (χ1) is 9.58. The lowest BCUT2D eigenvalue weighted by atomic mass is 9.77. The summed E-state index contributed by atoms with van der Waals surface area (Å²) in [6, 6.07) is 1.52. The quantitative estimate of drug-likeness (QED) is 0.898. The summed E-state index contributed by atoms with van der Waals surface area (Å²) in [5.74, 6) is -0.406. The second-order valence-corrected chi connectivity index (χ2v) is 6.19. The van der Waals surface area contributed by atoms with Crippen LogP contribution in [0, 0.1) is 12.3 Å². The van der Waals surface area contributed by atoms with Crippen LogP contribution < -0.4 is 4.90 Å². The van der Waals surface area contributed by atoms with Crippen molar-refractivity contribution in [3.05, 3.63) is 17.5 Å². The van der Waals surface area contributed by atoms with Gasteiger partial charge in [-0.2, -0.15) is 0 Å². The highest BCUT2D eigenvalue weighted by Crippen LogP contribution is 2.46. The maximum Gasteiger partial charge on any atom is 0.354 e. The smallest absolute Gasteiger partial charge is 0.354 e. The Labute approximate surface area is 119 Å². The van der Waals surface area contributed by atoms with E-state index in [2.05, 4.69) is 14.9 Å². The first-order valence-corrected chi connectivity index (χ1v) is 7.42. The highest BCUT2D eigenvalue weighted by molar-refractivity contribution is 5.85. The summed E-state index contributed by atoms with van der Waals surface area (Å²) in [7, 11) is 0. The summed E-state index contributed by atoms with van der Waals surface area (Å²) in [5, 5.41) is 9.09. The molecule has 5 heteroatoms. The molecular weight excluding hydrogens is 254 g/mol. The van der Waals surface area contributed by atoms with E-state index in [1.165, 1.54) is 44.6 Å². The fourth-order valence-electron chi connectivity index (χ4n) is 3.61. The minimum atomic E-state index is -0.985. The van der Waals surface area contributed by atoms with Crippen molar-refractivity contribution in [2.45, 2.75) is 45.4 Å². The zero-order chi connectivity index (χ0) is 14.2. The molecule has 0 amide bonds. The molecule has 1 spiro atoms. The molecule has 1 saturated carbocycles. The topological polar surface area (TPSA) is 66.3 Å². The second kappa shape index (κ2) is 5.04. The van der Waals surface area contributed by atoms with Gasteiger partial charge in [0.15, 0.2) is 5.69 Å². The molecule has 1 aromatic rings. The Bertz CT molecular complexity index is 514. The third-order valence-corrected chi connectivity index (χ3v) is 4.83. The number of hydrogen-bond donors (Lipinski definition) is 1. The fourth-order valence-corrected chi connectivity index (χ4v) is 3.61. The average Bonchev–Trinajstić information content (AvgIpc) is 2.87. The Hall–Kier alpha value is -1.65. The summed E-state index contributed by atoms with van der Waals surface area (Å²) in [4.78, 5) is 21.8.